The van der Waals surface area contributed by atoms with Gasteiger partial charge in [-0.15, -0.1) is 0 Å². The molecule has 5 rings (SSSR count). The quantitative estimate of drug-likeness (QED) is 0.330. The Morgan fingerprint density at radius 2 is 1.94 bits per heavy atom. The summed E-state index contributed by atoms with van der Waals surface area (Å²) in [7, 11) is 1.86. The van der Waals surface area contributed by atoms with Gasteiger partial charge < -0.3 is 21.2 Å². The molecule has 5 N–H and O–H groups in total. The Kier molecular flexibility index (Phi) is 5.75. The number of aryl methyl sites for hydroxylation is 2. The minimum absolute atomic E-state index is 0.138. The van der Waals surface area contributed by atoms with Crippen molar-refractivity contribution in [1.82, 2.24) is 34.7 Å². The number of benzene rings is 1. The molecule has 178 valence electrons. The first-order chi connectivity index (χ1) is 16.9. The molecule has 0 radical (unpaired) electrons. The Bertz CT molecular complexity index is 1510. The van der Waals surface area contributed by atoms with Crippen LogP contribution in [0.3, 0.4) is 0 Å². The van der Waals surface area contributed by atoms with Gasteiger partial charge in [0.25, 0.3) is 0 Å². The van der Waals surface area contributed by atoms with Gasteiger partial charge >= 0.3 is 0 Å². The molecule has 0 bridgehead atoms. The van der Waals surface area contributed by atoms with Gasteiger partial charge in [0, 0.05) is 37.1 Å². The number of aromatic nitrogens is 7. The highest BCUT2D eigenvalue weighted by Gasteiger charge is 2.34. The van der Waals surface area contributed by atoms with E-state index in [4.69, 9.17) is 21.2 Å². The monoisotopic (exact) mass is 469 g/mol. The summed E-state index contributed by atoms with van der Waals surface area (Å²) in [6.45, 7) is 4.76. The van der Waals surface area contributed by atoms with Crippen LogP contribution >= 0.6 is 0 Å². The van der Waals surface area contributed by atoms with Crippen molar-refractivity contribution in [1.29, 1.82) is 0 Å². The maximum absolute atomic E-state index is 6.31. The Morgan fingerprint density at radius 3 is 2.69 bits per heavy atom. The fraction of sp³-hybridized carbons (Fsp3) is 0.240. The van der Waals surface area contributed by atoms with E-state index in [0.29, 0.717) is 41.4 Å². The maximum atomic E-state index is 6.31. The number of nitrogens with one attached hydrogen (secondary N) is 1. The number of ether oxygens (including phenoxy) is 1. The first-order valence-electron chi connectivity index (χ1n) is 11.3. The van der Waals surface area contributed by atoms with Crippen molar-refractivity contribution in [3.05, 3.63) is 71.9 Å². The van der Waals surface area contributed by atoms with E-state index < -0.39 is 5.60 Å². The highest BCUT2D eigenvalue weighted by atomic mass is 16.5. The second-order valence-corrected chi connectivity index (χ2v) is 8.54. The van der Waals surface area contributed by atoms with Gasteiger partial charge in [-0.05, 0) is 31.0 Å². The second kappa shape index (κ2) is 8.90. The van der Waals surface area contributed by atoms with Crippen LogP contribution in [0.1, 0.15) is 23.7 Å². The highest BCUT2D eigenvalue weighted by molar-refractivity contribution is 5.90. The van der Waals surface area contributed by atoms with Crippen molar-refractivity contribution in [2.24, 2.45) is 12.8 Å². The molecule has 4 heterocycles. The molecule has 0 fully saturated rings. The van der Waals surface area contributed by atoms with Gasteiger partial charge in [-0.1, -0.05) is 24.3 Å². The maximum Gasteiger partial charge on any atom is 0.220 e. The number of nitrogen functional groups attached to an aromatic ring is 1. The van der Waals surface area contributed by atoms with Crippen LogP contribution in [0.15, 0.2) is 55.1 Å². The average Bonchev–Trinajstić information content (AvgIpc) is 3.48. The summed E-state index contributed by atoms with van der Waals surface area (Å²) in [5, 5.41) is 4.23. The zero-order chi connectivity index (χ0) is 24.6. The molecule has 1 aromatic carbocycles. The average molecular weight is 470 g/mol. The summed E-state index contributed by atoms with van der Waals surface area (Å²) in [5.41, 5.74) is 18.1. The van der Waals surface area contributed by atoms with Gasteiger partial charge in [-0.2, -0.15) is 5.10 Å². The molecule has 1 unspecified atom stereocenters. The van der Waals surface area contributed by atoms with Crippen molar-refractivity contribution in [3.63, 3.8) is 0 Å². The molecular formula is C25H27N9O. The summed E-state index contributed by atoms with van der Waals surface area (Å²) in [5.74, 6) is 0.138. The summed E-state index contributed by atoms with van der Waals surface area (Å²) >= 11 is 0. The third-order valence-corrected chi connectivity index (χ3v) is 6.06. The van der Waals surface area contributed by atoms with Crippen LogP contribution in [0, 0.1) is 6.92 Å². The van der Waals surface area contributed by atoms with Crippen LogP contribution in [0.2, 0.25) is 0 Å². The number of hydrogen-bond acceptors (Lipinski definition) is 8. The van der Waals surface area contributed by atoms with Crippen molar-refractivity contribution in [2.45, 2.75) is 19.4 Å². The number of H-pyrrole nitrogens is 1. The Labute approximate surface area is 202 Å². The molecule has 0 spiro atoms. The zero-order valence-electron chi connectivity index (χ0n) is 19.9. The predicted molar refractivity (Wildman–Crippen MR) is 134 cm³/mol. The molecule has 10 heteroatoms. The van der Waals surface area contributed by atoms with Gasteiger partial charge in [0.2, 0.25) is 5.95 Å². The molecule has 35 heavy (non-hydrogen) atoms. The number of fused-ring (bicyclic) bond motifs is 1. The third kappa shape index (κ3) is 4.13. The van der Waals surface area contributed by atoms with Crippen molar-refractivity contribution >= 4 is 17.1 Å². The van der Waals surface area contributed by atoms with E-state index in [0.717, 1.165) is 22.3 Å². The first kappa shape index (κ1) is 22.6. The lowest BCUT2D eigenvalue weighted by Gasteiger charge is -2.31. The van der Waals surface area contributed by atoms with E-state index in [1.54, 1.807) is 17.1 Å². The van der Waals surface area contributed by atoms with Gasteiger partial charge in [-0.25, -0.2) is 19.9 Å². The Morgan fingerprint density at radius 1 is 1.11 bits per heavy atom. The fourth-order valence-electron chi connectivity index (χ4n) is 4.29. The number of rotatable bonds is 7. The van der Waals surface area contributed by atoms with Crippen LogP contribution in [0.4, 0.5) is 5.95 Å². The molecule has 5 aromatic rings. The molecule has 0 aliphatic rings. The molecule has 0 aliphatic heterocycles. The van der Waals surface area contributed by atoms with Crippen LogP contribution < -0.4 is 11.5 Å². The number of aromatic amines is 1. The predicted octanol–water partition coefficient (Wildman–Crippen LogP) is 2.94. The lowest BCUT2D eigenvalue weighted by Crippen LogP contribution is -2.32. The minimum atomic E-state index is -0.880. The van der Waals surface area contributed by atoms with Crippen molar-refractivity contribution in [2.75, 3.05) is 18.9 Å². The molecule has 4 aromatic heterocycles. The smallest absolute Gasteiger partial charge is 0.220 e. The molecule has 0 saturated carbocycles. The van der Waals surface area contributed by atoms with Crippen LogP contribution in [-0.4, -0.2) is 47.9 Å². The van der Waals surface area contributed by atoms with Gasteiger partial charge in [-0.3, -0.25) is 4.68 Å². The zero-order valence-corrected chi connectivity index (χ0v) is 19.9. The van der Waals surface area contributed by atoms with Crippen LogP contribution in [-0.2, 0) is 17.4 Å². The minimum Gasteiger partial charge on any atom is -0.368 e. The van der Waals surface area contributed by atoms with Crippen LogP contribution in [0.5, 0.6) is 0 Å². The SMILES string of the molecule is Cc1ccccc1C(C)(OCCN)c1cc(-c2c[nH]c3ncc(-c4cnn(C)c4)nc23)nc(N)n1. The third-order valence-electron chi connectivity index (χ3n) is 6.06. The molecule has 0 amide bonds. The number of nitrogens with zero attached hydrogens (tertiary/aromatic N) is 6. The first-order valence-corrected chi connectivity index (χ1v) is 11.3. The van der Waals surface area contributed by atoms with Crippen LogP contribution in [0.25, 0.3) is 33.7 Å². The topological polar surface area (TPSA) is 146 Å². The number of nitrogens with two attached hydrogens (primary N) is 2. The molecule has 0 aliphatic carbocycles. The van der Waals surface area contributed by atoms with Crippen molar-refractivity contribution in [3.8, 4) is 22.5 Å². The number of hydrogen-bond donors (Lipinski definition) is 3. The molecule has 0 saturated heterocycles. The summed E-state index contributed by atoms with van der Waals surface area (Å²) in [6, 6.07) is 9.93. The molecule has 1 atom stereocenters. The summed E-state index contributed by atoms with van der Waals surface area (Å²) < 4.78 is 8.04. The second-order valence-electron chi connectivity index (χ2n) is 8.54. The van der Waals surface area contributed by atoms with E-state index in [-0.39, 0.29) is 5.95 Å². The Hall–Kier alpha value is -4.15. The largest absolute Gasteiger partial charge is 0.368 e. The normalized spacial score (nSPS) is 13.3. The summed E-state index contributed by atoms with van der Waals surface area (Å²) in [4.78, 5) is 21.7. The lowest BCUT2D eigenvalue weighted by molar-refractivity contribution is -0.00290. The van der Waals surface area contributed by atoms with Gasteiger partial charge in [0.15, 0.2) is 5.65 Å². The lowest BCUT2D eigenvalue weighted by atomic mass is 9.88. The van der Waals surface area contributed by atoms with E-state index in [1.807, 2.05) is 63.6 Å². The van der Waals surface area contributed by atoms with E-state index >= 15 is 0 Å². The van der Waals surface area contributed by atoms with E-state index in [1.165, 1.54) is 0 Å². The number of anilines is 1. The van der Waals surface area contributed by atoms with E-state index in [9.17, 15) is 0 Å². The fourth-order valence-corrected chi connectivity index (χ4v) is 4.29. The van der Waals surface area contributed by atoms with Gasteiger partial charge in [0.1, 0.15) is 11.1 Å². The Balaban J connectivity index is 1.65. The molecule has 10 nitrogen and oxygen atoms in total. The summed E-state index contributed by atoms with van der Waals surface area (Å²) in [6.07, 6.45) is 7.20. The van der Waals surface area contributed by atoms with Crippen molar-refractivity contribution < 1.29 is 4.74 Å². The van der Waals surface area contributed by atoms with Gasteiger partial charge in [0.05, 0.1) is 36.1 Å². The standard InChI is InChI=1S/C25H27N9O/c1-15-6-4-5-7-18(15)25(2,35-9-8-26)21-10-19(32-24(27)33-21)17-12-28-23-22(17)31-20(13-29-23)16-11-30-34(3)14-16/h4-7,10-14H,8-9,26H2,1-3H3,(H,28,29)(H2,27,32,33). The van der Waals surface area contributed by atoms with E-state index in [2.05, 4.69) is 25.0 Å². The highest BCUT2D eigenvalue weighted by Crippen LogP contribution is 2.37. The molecular weight excluding hydrogens is 442 g/mol.